The summed E-state index contributed by atoms with van der Waals surface area (Å²) in [5.74, 6) is 0. The molecule has 0 aliphatic carbocycles. The Balaban J connectivity index is 2.21. The molecule has 0 amide bonds. The van der Waals surface area contributed by atoms with Crippen molar-refractivity contribution < 1.29 is 5.11 Å². The molecule has 15 heavy (non-hydrogen) atoms. The van der Waals surface area contributed by atoms with Crippen molar-refractivity contribution in [3.05, 3.63) is 35.9 Å². The second-order valence-electron chi connectivity index (χ2n) is 4.68. The summed E-state index contributed by atoms with van der Waals surface area (Å²) in [7, 11) is 2.12. The molecule has 0 radical (unpaired) electrons. The van der Waals surface area contributed by atoms with Gasteiger partial charge in [-0.1, -0.05) is 30.3 Å². The molecule has 2 heteroatoms. The predicted octanol–water partition coefficient (Wildman–Crippen LogP) is 1.99. The van der Waals surface area contributed by atoms with Gasteiger partial charge in [-0.15, -0.1) is 0 Å². The molecule has 0 spiro atoms. The maximum absolute atomic E-state index is 10.6. The first-order valence-electron chi connectivity index (χ1n) is 5.60. The first-order valence-corrected chi connectivity index (χ1v) is 5.60. The third kappa shape index (κ3) is 2.06. The molecule has 1 aliphatic heterocycles. The van der Waals surface area contributed by atoms with Crippen LogP contribution >= 0.6 is 0 Å². The monoisotopic (exact) mass is 205 g/mol. The SMILES string of the molecule is CC1CC(O)(c2ccccc2)CCN1C. The Bertz CT molecular complexity index is 325. The molecule has 2 atom stereocenters. The molecule has 1 aliphatic rings. The molecule has 0 bridgehead atoms. The third-order valence-electron chi connectivity index (χ3n) is 3.57. The lowest BCUT2D eigenvalue weighted by Crippen LogP contribution is -2.45. The zero-order chi connectivity index (χ0) is 10.9. The lowest BCUT2D eigenvalue weighted by Gasteiger charge is -2.41. The van der Waals surface area contributed by atoms with Gasteiger partial charge in [-0.3, -0.25) is 0 Å². The summed E-state index contributed by atoms with van der Waals surface area (Å²) in [5, 5.41) is 10.6. The highest BCUT2D eigenvalue weighted by molar-refractivity contribution is 5.23. The molecule has 2 unspecified atom stereocenters. The maximum atomic E-state index is 10.6. The fourth-order valence-corrected chi connectivity index (χ4v) is 2.34. The van der Waals surface area contributed by atoms with Gasteiger partial charge in [0.1, 0.15) is 0 Å². The first kappa shape index (κ1) is 10.7. The predicted molar refractivity (Wildman–Crippen MR) is 61.7 cm³/mol. The van der Waals surface area contributed by atoms with Crippen molar-refractivity contribution in [1.82, 2.24) is 4.90 Å². The molecule has 0 aromatic heterocycles. The Morgan fingerprint density at radius 3 is 2.60 bits per heavy atom. The summed E-state index contributed by atoms with van der Waals surface area (Å²) in [5.41, 5.74) is 0.442. The number of aliphatic hydroxyl groups is 1. The number of hydrogen-bond donors (Lipinski definition) is 1. The van der Waals surface area contributed by atoms with Crippen LogP contribution < -0.4 is 0 Å². The second-order valence-corrected chi connectivity index (χ2v) is 4.68. The fraction of sp³-hybridized carbons (Fsp3) is 0.538. The molecular formula is C13H19NO. The zero-order valence-corrected chi connectivity index (χ0v) is 9.48. The Hall–Kier alpha value is -0.860. The molecule has 0 saturated carbocycles. The smallest absolute Gasteiger partial charge is 0.0923 e. The van der Waals surface area contributed by atoms with Crippen molar-refractivity contribution in [2.24, 2.45) is 0 Å². The molecule has 1 saturated heterocycles. The molecule has 1 N–H and O–H groups in total. The Labute approximate surface area is 91.5 Å². The highest BCUT2D eigenvalue weighted by Crippen LogP contribution is 2.34. The van der Waals surface area contributed by atoms with Crippen LogP contribution in [-0.4, -0.2) is 29.6 Å². The highest BCUT2D eigenvalue weighted by Gasteiger charge is 2.36. The summed E-state index contributed by atoms with van der Waals surface area (Å²) in [4.78, 5) is 2.30. The Morgan fingerprint density at radius 1 is 1.33 bits per heavy atom. The van der Waals surface area contributed by atoms with Crippen molar-refractivity contribution in [3.8, 4) is 0 Å². The average molecular weight is 205 g/mol. The van der Waals surface area contributed by atoms with E-state index in [1.54, 1.807) is 0 Å². The van der Waals surface area contributed by atoms with Crippen LogP contribution in [0.1, 0.15) is 25.3 Å². The Kier molecular flexibility index (Phi) is 2.81. The van der Waals surface area contributed by atoms with Gasteiger partial charge in [-0.25, -0.2) is 0 Å². The molecule has 1 aromatic rings. The van der Waals surface area contributed by atoms with E-state index in [9.17, 15) is 5.11 Å². The Morgan fingerprint density at radius 2 is 2.00 bits per heavy atom. The highest BCUT2D eigenvalue weighted by atomic mass is 16.3. The van der Waals surface area contributed by atoms with Crippen molar-refractivity contribution in [1.29, 1.82) is 0 Å². The van der Waals surface area contributed by atoms with Gasteiger partial charge in [0.2, 0.25) is 0 Å². The van der Waals surface area contributed by atoms with E-state index in [0.717, 1.165) is 24.9 Å². The number of nitrogens with zero attached hydrogens (tertiary/aromatic N) is 1. The lowest BCUT2D eigenvalue weighted by molar-refractivity contribution is -0.0408. The van der Waals surface area contributed by atoms with E-state index in [2.05, 4.69) is 18.9 Å². The molecule has 2 nitrogen and oxygen atoms in total. The van der Waals surface area contributed by atoms with Gasteiger partial charge >= 0.3 is 0 Å². The number of hydrogen-bond acceptors (Lipinski definition) is 2. The minimum Gasteiger partial charge on any atom is -0.385 e. The summed E-state index contributed by atoms with van der Waals surface area (Å²) < 4.78 is 0. The third-order valence-corrected chi connectivity index (χ3v) is 3.57. The summed E-state index contributed by atoms with van der Waals surface area (Å²) in [6.45, 7) is 3.14. The van der Waals surface area contributed by atoms with Gasteiger partial charge in [-0.2, -0.15) is 0 Å². The fourth-order valence-electron chi connectivity index (χ4n) is 2.34. The summed E-state index contributed by atoms with van der Waals surface area (Å²) in [6.07, 6.45) is 1.66. The summed E-state index contributed by atoms with van der Waals surface area (Å²) in [6, 6.07) is 10.5. The number of likely N-dealkylation sites (tertiary alicyclic amines) is 1. The minimum atomic E-state index is -0.618. The van der Waals surface area contributed by atoms with Crippen molar-refractivity contribution in [2.75, 3.05) is 13.6 Å². The molecule has 1 aromatic carbocycles. The molecular weight excluding hydrogens is 186 g/mol. The van der Waals surface area contributed by atoms with Crippen LogP contribution in [0.2, 0.25) is 0 Å². The van der Waals surface area contributed by atoms with E-state index >= 15 is 0 Å². The first-order chi connectivity index (χ1) is 7.12. The number of rotatable bonds is 1. The van der Waals surface area contributed by atoms with Crippen LogP contribution in [0.3, 0.4) is 0 Å². The standard InChI is InChI=1S/C13H19NO/c1-11-10-13(15,8-9-14(11)2)12-6-4-3-5-7-12/h3-7,11,15H,8-10H2,1-2H3. The van der Waals surface area contributed by atoms with Gasteiger partial charge in [0.25, 0.3) is 0 Å². The largest absolute Gasteiger partial charge is 0.385 e. The number of piperidine rings is 1. The van der Waals surface area contributed by atoms with Crippen LogP contribution in [0.15, 0.2) is 30.3 Å². The van der Waals surface area contributed by atoms with Crippen LogP contribution in [0.5, 0.6) is 0 Å². The van der Waals surface area contributed by atoms with Gasteiger partial charge in [0, 0.05) is 12.6 Å². The van der Waals surface area contributed by atoms with Gasteiger partial charge < -0.3 is 10.0 Å². The van der Waals surface area contributed by atoms with Gasteiger partial charge in [-0.05, 0) is 32.4 Å². The zero-order valence-electron chi connectivity index (χ0n) is 9.48. The van der Waals surface area contributed by atoms with E-state index in [1.807, 2.05) is 30.3 Å². The lowest BCUT2D eigenvalue weighted by atomic mass is 9.81. The van der Waals surface area contributed by atoms with E-state index < -0.39 is 5.60 Å². The van der Waals surface area contributed by atoms with Crippen molar-refractivity contribution in [3.63, 3.8) is 0 Å². The van der Waals surface area contributed by atoms with E-state index in [-0.39, 0.29) is 0 Å². The normalized spacial score (nSPS) is 32.9. The maximum Gasteiger partial charge on any atom is 0.0923 e. The molecule has 1 fully saturated rings. The van der Waals surface area contributed by atoms with Crippen molar-refractivity contribution in [2.45, 2.75) is 31.4 Å². The van der Waals surface area contributed by atoms with E-state index in [4.69, 9.17) is 0 Å². The summed E-state index contributed by atoms with van der Waals surface area (Å²) >= 11 is 0. The second kappa shape index (κ2) is 3.95. The number of benzene rings is 1. The van der Waals surface area contributed by atoms with Crippen molar-refractivity contribution >= 4 is 0 Å². The topological polar surface area (TPSA) is 23.5 Å². The van der Waals surface area contributed by atoms with Crippen LogP contribution in [0, 0.1) is 0 Å². The van der Waals surface area contributed by atoms with Gasteiger partial charge in [0.15, 0.2) is 0 Å². The van der Waals surface area contributed by atoms with Crippen LogP contribution in [0.4, 0.5) is 0 Å². The van der Waals surface area contributed by atoms with Crippen LogP contribution in [0.25, 0.3) is 0 Å². The van der Waals surface area contributed by atoms with E-state index in [1.165, 1.54) is 0 Å². The average Bonchev–Trinajstić information content (AvgIpc) is 2.26. The quantitative estimate of drug-likeness (QED) is 0.758. The molecule has 82 valence electrons. The van der Waals surface area contributed by atoms with Crippen LogP contribution in [-0.2, 0) is 5.60 Å². The molecule has 1 heterocycles. The molecule has 2 rings (SSSR count). The van der Waals surface area contributed by atoms with E-state index in [0.29, 0.717) is 6.04 Å². The minimum absolute atomic E-state index is 0.448. The van der Waals surface area contributed by atoms with Gasteiger partial charge in [0.05, 0.1) is 5.60 Å².